The average Bonchev–Trinajstić information content (AvgIpc) is 2.62. The molecule has 1 heterocycles. The minimum atomic E-state index is 0.119. The van der Waals surface area contributed by atoms with Crippen molar-refractivity contribution in [3.63, 3.8) is 0 Å². The molecule has 0 radical (unpaired) electrons. The summed E-state index contributed by atoms with van der Waals surface area (Å²) in [7, 11) is 1.65. The first-order chi connectivity index (χ1) is 11.7. The number of aryl methyl sites for hydroxylation is 1. The Balaban J connectivity index is 1.76. The van der Waals surface area contributed by atoms with Crippen molar-refractivity contribution in [1.82, 2.24) is 0 Å². The van der Waals surface area contributed by atoms with E-state index in [1.165, 1.54) is 5.56 Å². The minimum absolute atomic E-state index is 0.119. The summed E-state index contributed by atoms with van der Waals surface area (Å²) in [5.41, 5.74) is 3.19. The van der Waals surface area contributed by atoms with E-state index in [0.29, 0.717) is 13.0 Å². The van der Waals surface area contributed by atoms with E-state index >= 15 is 0 Å². The number of nitrogens with zero attached hydrogens (tertiary/aromatic N) is 1. The Kier molecular flexibility index (Phi) is 5.04. The Morgan fingerprint density at radius 1 is 1.12 bits per heavy atom. The molecule has 0 saturated heterocycles. The SMILES string of the molecule is CCOc1ccc(CC(=O)N2CCCc3ccc(OC)cc32)cc1. The van der Waals surface area contributed by atoms with Crippen LogP contribution in [0.3, 0.4) is 0 Å². The molecule has 0 aromatic heterocycles. The zero-order chi connectivity index (χ0) is 16.9. The van der Waals surface area contributed by atoms with E-state index in [0.717, 1.165) is 42.1 Å². The molecule has 2 aromatic carbocycles. The molecule has 0 bridgehead atoms. The highest BCUT2D eigenvalue weighted by molar-refractivity contribution is 5.96. The van der Waals surface area contributed by atoms with Crippen molar-refractivity contribution < 1.29 is 14.3 Å². The van der Waals surface area contributed by atoms with Gasteiger partial charge in [-0.15, -0.1) is 0 Å². The second kappa shape index (κ2) is 7.39. The number of carbonyl (C=O) groups is 1. The van der Waals surface area contributed by atoms with Crippen molar-refractivity contribution in [3.8, 4) is 11.5 Å². The van der Waals surface area contributed by atoms with Gasteiger partial charge in [-0.1, -0.05) is 18.2 Å². The van der Waals surface area contributed by atoms with Gasteiger partial charge in [0, 0.05) is 12.6 Å². The molecule has 24 heavy (non-hydrogen) atoms. The summed E-state index contributed by atoms with van der Waals surface area (Å²) >= 11 is 0. The van der Waals surface area contributed by atoms with Gasteiger partial charge in [-0.3, -0.25) is 4.79 Å². The van der Waals surface area contributed by atoms with Crippen LogP contribution in [0.4, 0.5) is 5.69 Å². The van der Waals surface area contributed by atoms with Crippen LogP contribution in [0.2, 0.25) is 0 Å². The van der Waals surface area contributed by atoms with Crippen LogP contribution in [-0.2, 0) is 17.6 Å². The molecule has 0 unspecified atom stereocenters. The Morgan fingerprint density at radius 3 is 2.58 bits per heavy atom. The highest BCUT2D eigenvalue weighted by Gasteiger charge is 2.23. The number of benzene rings is 2. The molecule has 2 aromatic rings. The summed E-state index contributed by atoms with van der Waals surface area (Å²) in [6.07, 6.45) is 2.39. The topological polar surface area (TPSA) is 38.8 Å². The van der Waals surface area contributed by atoms with Crippen molar-refractivity contribution in [3.05, 3.63) is 53.6 Å². The molecule has 0 fully saturated rings. The summed E-state index contributed by atoms with van der Waals surface area (Å²) in [5.74, 6) is 1.74. The molecule has 0 aliphatic carbocycles. The third kappa shape index (κ3) is 3.53. The zero-order valence-electron chi connectivity index (χ0n) is 14.2. The number of rotatable bonds is 5. The van der Waals surface area contributed by atoms with Crippen molar-refractivity contribution in [2.45, 2.75) is 26.2 Å². The fraction of sp³-hybridized carbons (Fsp3) is 0.350. The molecule has 1 amide bonds. The van der Waals surface area contributed by atoms with Crippen molar-refractivity contribution in [2.75, 3.05) is 25.2 Å². The molecule has 0 N–H and O–H groups in total. The lowest BCUT2D eigenvalue weighted by Gasteiger charge is -2.30. The van der Waals surface area contributed by atoms with Crippen LogP contribution < -0.4 is 14.4 Å². The zero-order valence-corrected chi connectivity index (χ0v) is 14.2. The lowest BCUT2D eigenvalue weighted by molar-refractivity contribution is -0.118. The highest BCUT2D eigenvalue weighted by atomic mass is 16.5. The fourth-order valence-corrected chi connectivity index (χ4v) is 3.08. The van der Waals surface area contributed by atoms with Crippen molar-refractivity contribution >= 4 is 11.6 Å². The third-order valence-electron chi connectivity index (χ3n) is 4.30. The van der Waals surface area contributed by atoms with Crippen LogP contribution in [0.25, 0.3) is 0 Å². The summed E-state index contributed by atoms with van der Waals surface area (Å²) < 4.78 is 10.8. The van der Waals surface area contributed by atoms with Crippen molar-refractivity contribution in [1.29, 1.82) is 0 Å². The van der Waals surface area contributed by atoms with Gasteiger partial charge in [0.2, 0.25) is 5.91 Å². The predicted octanol–water partition coefficient (Wildman–Crippen LogP) is 3.62. The predicted molar refractivity (Wildman–Crippen MR) is 95.0 cm³/mol. The normalized spacial score (nSPS) is 13.3. The van der Waals surface area contributed by atoms with Crippen LogP contribution in [0, 0.1) is 0 Å². The summed E-state index contributed by atoms with van der Waals surface area (Å²) in [6, 6.07) is 13.7. The van der Waals surface area contributed by atoms with E-state index in [1.807, 2.05) is 48.2 Å². The van der Waals surface area contributed by atoms with Crippen LogP contribution in [0.15, 0.2) is 42.5 Å². The second-order valence-electron chi connectivity index (χ2n) is 5.90. The van der Waals surface area contributed by atoms with Crippen LogP contribution >= 0.6 is 0 Å². The monoisotopic (exact) mass is 325 g/mol. The van der Waals surface area contributed by atoms with E-state index < -0.39 is 0 Å². The molecular weight excluding hydrogens is 302 g/mol. The lowest BCUT2D eigenvalue weighted by Crippen LogP contribution is -2.36. The maximum Gasteiger partial charge on any atom is 0.231 e. The van der Waals surface area contributed by atoms with Gasteiger partial charge in [0.1, 0.15) is 11.5 Å². The van der Waals surface area contributed by atoms with Gasteiger partial charge in [0.25, 0.3) is 0 Å². The second-order valence-corrected chi connectivity index (χ2v) is 5.90. The van der Waals surface area contributed by atoms with Gasteiger partial charge in [0.05, 0.1) is 25.8 Å². The fourth-order valence-electron chi connectivity index (χ4n) is 3.08. The Hall–Kier alpha value is -2.49. The van der Waals surface area contributed by atoms with Gasteiger partial charge in [-0.05, 0) is 49.1 Å². The summed E-state index contributed by atoms with van der Waals surface area (Å²) in [4.78, 5) is 14.7. The van der Waals surface area contributed by atoms with Crippen LogP contribution in [0.1, 0.15) is 24.5 Å². The number of hydrogen-bond acceptors (Lipinski definition) is 3. The molecular formula is C20H23NO3. The molecule has 4 nitrogen and oxygen atoms in total. The number of methoxy groups -OCH3 is 1. The molecule has 1 aliphatic heterocycles. The maximum atomic E-state index is 12.8. The minimum Gasteiger partial charge on any atom is -0.497 e. The molecule has 0 atom stereocenters. The van der Waals surface area contributed by atoms with E-state index in [-0.39, 0.29) is 5.91 Å². The third-order valence-corrected chi connectivity index (χ3v) is 4.30. The Morgan fingerprint density at radius 2 is 1.88 bits per heavy atom. The van der Waals surface area contributed by atoms with E-state index in [2.05, 4.69) is 6.07 Å². The van der Waals surface area contributed by atoms with E-state index in [4.69, 9.17) is 9.47 Å². The first kappa shape index (κ1) is 16.4. The first-order valence-electron chi connectivity index (χ1n) is 8.40. The van der Waals surface area contributed by atoms with Crippen LogP contribution in [0.5, 0.6) is 11.5 Å². The highest BCUT2D eigenvalue weighted by Crippen LogP contribution is 2.31. The molecule has 3 rings (SSSR count). The smallest absolute Gasteiger partial charge is 0.231 e. The summed E-state index contributed by atoms with van der Waals surface area (Å²) in [6.45, 7) is 3.36. The molecule has 126 valence electrons. The molecule has 0 spiro atoms. The first-order valence-corrected chi connectivity index (χ1v) is 8.40. The van der Waals surface area contributed by atoms with E-state index in [9.17, 15) is 4.79 Å². The number of carbonyl (C=O) groups excluding carboxylic acids is 1. The number of ether oxygens (including phenoxy) is 2. The molecule has 4 heteroatoms. The number of amides is 1. The van der Waals surface area contributed by atoms with Gasteiger partial charge >= 0.3 is 0 Å². The van der Waals surface area contributed by atoms with E-state index in [1.54, 1.807) is 7.11 Å². The van der Waals surface area contributed by atoms with Crippen molar-refractivity contribution in [2.24, 2.45) is 0 Å². The van der Waals surface area contributed by atoms with Gasteiger partial charge in [-0.25, -0.2) is 0 Å². The molecule has 1 aliphatic rings. The number of anilines is 1. The Labute approximate surface area is 143 Å². The standard InChI is InChI=1S/C20H23NO3/c1-3-24-17-9-6-15(7-10-17)13-20(22)21-12-4-5-16-8-11-18(23-2)14-19(16)21/h6-11,14H,3-5,12-13H2,1-2H3. The molecule has 0 saturated carbocycles. The van der Waals surface area contributed by atoms with Gasteiger partial charge in [-0.2, -0.15) is 0 Å². The average molecular weight is 325 g/mol. The largest absolute Gasteiger partial charge is 0.497 e. The number of hydrogen-bond donors (Lipinski definition) is 0. The lowest BCUT2D eigenvalue weighted by atomic mass is 10.0. The quantitative estimate of drug-likeness (QED) is 0.843. The Bertz CT molecular complexity index is 709. The van der Waals surface area contributed by atoms with Gasteiger partial charge < -0.3 is 14.4 Å². The summed E-state index contributed by atoms with van der Waals surface area (Å²) in [5, 5.41) is 0. The number of fused-ring (bicyclic) bond motifs is 1. The van der Waals surface area contributed by atoms with Gasteiger partial charge in [0.15, 0.2) is 0 Å². The maximum absolute atomic E-state index is 12.8. The van der Waals surface area contributed by atoms with Crippen LogP contribution in [-0.4, -0.2) is 26.2 Å².